The number of hydrogen-bond acceptors (Lipinski definition) is 1. The summed E-state index contributed by atoms with van der Waals surface area (Å²) in [4.78, 5) is 7.96. The zero-order chi connectivity index (χ0) is 15.8. The summed E-state index contributed by atoms with van der Waals surface area (Å²) in [5.74, 6) is 0.599. The first kappa shape index (κ1) is 13.7. The Morgan fingerprint density at radius 1 is 0.870 bits per heavy atom. The van der Waals surface area contributed by atoms with Crippen LogP contribution in [0.5, 0.6) is 0 Å². The summed E-state index contributed by atoms with van der Waals surface area (Å²) < 4.78 is 13.6. The summed E-state index contributed by atoms with van der Waals surface area (Å²) in [5.41, 5.74) is 5.88. The summed E-state index contributed by atoms with van der Waals surface area (Å²) in [6, 6.07) is 20.8. The highest BCUT2D eigenvalue weighted by atomic mass is 19.1. The quantitative estimate of drug-likeness (QED) is 0.531. The minimum Gasteiger partial charge on any atom is -0.338 e. The summed E-state index contributed by atoms with van der Waals surface area (Å²) in [5, 5.41) is 0. The van der Waals surface area contributed by atoms with E-state index < -0.39 is 0 Å². The van der Waals surface area contributed by atoms with E-state index in [-0.39, 0.29) is 5.82 Å². The van der Waals surface area contributed by atoms with Crippen molar-refractivity contribution < 1.29 is 4.39 Å². The van der Waals surface area contributed by atoms with Crippen molar-refractivity contribution in [2.45, 2.75) is 6.92 Å². The lowest BCUT2D eigenvalue weighted by Gasteiger charge is -2.07. The van der Waals surface area contributed by atoms with Crippen molar-refractivity contribution in [3.63, 3.8) is 0 Å². The molecule has 0 unspecified atom stereocenters. The van der Waals surface area contributed by atoms with E-state index in [4.69, 9.17) is 0 Å². The molecule has 4 aromatic rings. The highest BCUT2D eigenvalue weighted by molar-refractivity contribution is 5.80. The first-order valence-corrected chi connectivity index (χ1v) is 7.52. The van der Waals surface area contributed by atoms with E-state index in [1.165, 1.54) is 6.07 Å². The van der Waals surface area contributed by atoms with E-state index in [0.717, 1.165) is 39.1 Å². The average Bonchev–Trinajstić information content (AvgIpc) is 3.01. The molecule has 0 saturated carbocycles. The van der Waals surface area contributed by atoms with Crippen molar-refractivity contribution in [1.82, 2.24) is 9.97 Å². The number of benzene rings is 3. The van der Waals surface area contributed by atoms with E-state index in [1.54, 1.807) is 12.1 Å². The molecule has 0 bridgehead atoms. The third-order valence-electron chi connectivity index (χ3n) is 4.04. The van der Waals surface area contributed by atoms with Gasteiger partial charge in [-0.15, -0.1) is 0 Å². The molecule has 0 atom stereocenters. The van der Waals surface area contributed by atoms with Crippen molar-refractivity contribution in [1.29, 1.82) is 0 Å². The van der Waals surface area contributed by atoms with Gasteiger partial charge in [-0.3, -0.25) is 0 Å². The lowest BCUT2D eigenvalue weighted by molar-refractivity contribution is 0.628. The molecule has 112 valence electrons. The van der Waals surface area contributed by atoms with Crippen LogP contribution in [0, 0.1) is 12.7 Å². The minimum atomic E-state index is -0.222. The van der Waals surface area contributed by atoms with Gasteiger partial charge >= 0.3 is 0 Å². The zero-order valence-electron chi connectivity index (χ0n) is 12.7. The highest BCUT2D eigenvalue weighted by Crippen LogP contribution is 2.28. The van der Waals surface area contributed by atoms with E-state index in [9.17, 15) is 4.39 Å². The number of H-pyrrole nitrogens is 1. The number of fused-ring (bicyclic) bond motifs is 1. The molecular weight excluding hydrogens is 287 g/mol. The fraction of sp³-hybridized carbons (Fsp3) is 0.0500. The Morgan fingerprint density at radius 2 is 1.70 bits per heavy atom. The molecule has 0 saturated heterocycles. The zero-order valence-corrected chi connectivity index (χ0v) is 12.7. The number of hydrogen-bond donors (Lipinski definition) is 1. The third kappa shape index (κ3) is 2.50. The van der Waals surface area contributed by atoms with Gasteiger partial charge in [0.15, 0.2) is 0 Å². The molecule has 0 aliphatic rings. The second-order valence-electron chi connectivity index (χ2n) is 5.64. The molecule has 3 aromatic carbocycles. The van der Waals surface area contributed by atoms with Crippen LogP contribution in [0.4, 0.5) is 4.39 Å². The monoisotopic (exact) mass is 302 g/mol. The smallest absolute Gasteiger partial charge is 0.138 e. The molecule has 0 aliphatic carbocycles. The Morgan fingerprint density at radius 3 is 2.57 bits per heavy atom. The normalized spacial score (nSPS) is 11.0. The summed E-state index contributed by atoms with van der Waals surface area (Å²) >= 11 is 0. The average molecular weight is 302 g/mol. The van der Waals surface area contributed by atoms with E-state index in [1.807, 2.05) is 55.5 Å². The van der Waals surface area contributed by atoms with Gasteiger partial charge in [-0.25, -0.2) is 9.37 Å². The second-order valence-corrected chi connectivity index (χ2v) is 5.64. The van der Waals surface area contributed by atoms with Crippen LogP contribution >= 0.6 is 0 Å². The van der Waals surface area contributed by atoms with Gasteiger partial charge in [-0.2, -0.15) is 0 Å². The summed E-state index contributed by atoms with van der Waals surface area (Å²) in [6.45, 7) is 1.99. The number of rotatable bonds is 2. The molecular formula is C20H15FN2. The molecule has 1 heterocycles. The van der Waals surface area contributed by atoms with Crippen LogP contribution in [0.3, 0.4) is 0 Å². The SMILES string of the molecule is Cc1ccc(F)cc1-c1cccc(-c2nc3ccccc3[nH]2)c1. The van der Waals surface area contributed by atoms with Crippen LogP contribution in [0.1, 0.15) is 5.56 Å². The summed E-state index contributed by atoms with van der Waals surface area (Å²) in [7, 11) is 0. The van der Waals surface area contributed by atoms with Gasteiger partial charge in [0.2, 0.25) is 0 Å². The second kappa shape index (κ2) is 5.36. The number of aromatic amines is 1. The number of halogens is 1. The van der Waals surface area contributed by atoms with Crippen molar-refractivity contribution in [2.24, 2.45) is 0 Å². The highest BCUT2D eigenvalue weighted by Gasteiger charge is 2.08. The van der Waals surface area contributed by atoms with E-state index >= 15 is 0 Å². The third-order valence-corrected chi connectivity index (χ3v) is 4.04. The lowest BCUT2D eigenvalue weighted by atomic mass is 9.98. The van der Waals surface area contributed by atoms with Crippen LogP contribution < -0.4 is 0 Å². The van der Waals surface area contributed by atoms with Gasteiger partial charge in [-0.1, -0.05) is 36.4 Å². The Bertz CT molecular complexity index is 968. The molecule has 0 aliphatic heterocycles. The molecule has 0 spiro atoms. The fourth-order valence-corrected chi connectivity index (χ4v) is 2.83. The molecule has 0 fully saturated rings. The van der Waals surface area contributed by atoms with Gasteiger partial charge in [-0.05, 0) is 53.9 Å². The topological polar surface area (TPSA) is 28.7 Å². The van der Waals surface area contributed by atoms with E-state index in [2.05, 4.69) is 9.97 Å². The number of nitrogens with one attached hydrogen (secondary N) is 1. The van der Waals surface area contributed by atoms with Crippen molar-refractivity contribution in [3.8, 4) is 22.5 Å². The van der Waals surface area contributed by atoms with Gasteiger partial charge in [0, 0.05) is 5.56 Å². The largest absolute Gasteiger partial charge is 0.338 e. The molecule has 1 aromatic heterocycles. The standard InChI is InChI=1S/C20H15FN2/c1-13-9-10-16(21)12-17(13)14-5-4-6-15(11-14)20-22-18-7-2-3-8-19(18)23-20/h2-12H,1H3,(H,22,23). The molecule has 3 heteroatoms. The van der Waals surface area contributed by atoms with Crippen molar-refractivity contribution in [3.05, 3.63) is 78.1 Å². The Hall–Kier alpha value is -2.94. The van der Waals surface area contributed by atoms with Crippen LogP contribution in [-0.2, 0) is 0 Å². The Kier molecular flexibility index (Phi) is 3.19. The van der Waals surface area contributed by atoms with Crippen molar-refractivity contribution in [2.75, 3.05) is 0 Å². The van der Waals surface area contributed by atoms with Crippen molar-refractivity contribution >= 4 is 11.0 Å². The maximum absolute atomic E-state index is 13.6. The molecule has 4 rings (SSSR count). The first-order chi connectivity index (χ1) is 11.2. The molecule has 0 amide bonds. The molecule has 23 heavy (non-hydrogen) atoms. The minimum absolute atomic E-state index is 0.222. The number of aryl methyl sites for hydroxylation is 1. The number of aromatic nitrogens is 2. The molecule has 0 radical (unpaired) electrons. The Balaban J connectivity index is 1.83. The van der Waals surface area contributed by atoms with Gasteiger partial charge in [0.1, 0.15) is 11.6 Å². The van der Waals surface area contributed by atoms with Crippen LogP contribution in [0.25, 0.3) is 33.5 Å². The number of imidazole rings is 1. The first-order valence-electron chi connectivity index (χ1n) is 7.52. The van der Waals surface area contributed by atoms with Gasteiger partial charge < -0.3 is 4.98 Å². The molecule has 2 nitrogen and oxygen atoms in total. The fourth-order valence-electron chi connectivity index (χ4n) is 2.83. The predicted molar refractivity (Wildman–Crippen MR) is 91.7 cm³/mol. The van der Waals surface area contributed by atoms with E-state index in [0.29, 0.717) is 0 Å². The molecule has 1 N–H and O–H groups in total. The summed E-state index contributed by atoms with van der Waals surface area (Å²) in [6.07, 6.45) is 0. The van der Waals surface area contributed by atoms with Gasteiger partial charge in [0.05, 0.1) is 11.0 Å². The maximum atomic E-state index is 13.6. The lowest BCUT2D eigenvalue weighted by Crippen LogP contribution is -1.87. The van der Waals surface area contributed by atoms with Crippen LogP contribution in [0.2, 0.25) is 0 Å². The predicted octanol–water partition coefficient (Wildman–Crippen LogP) is 5.34. The van der Waals surface area contributed by atoms with Crippen LogP contribution in [0.15, 0.2) is 66.7 Å². The maximum Gasteiger partial charge on any atom is 0.138 e. The number of para-hydroxylation sites is 2. The van der Waals surface area contributed by atoms with Crippen LogP contribution in [-0.4, -0.2) is 9.97 Å². The Labute approximate surface area is 133 Å². The van der Waals surface area contributed by atoms with Gasteiger partial charge in [0.25, 0.3) is 0 Å². The number of nitrogens with zero attached hydrogens (tertiary/aromatic N) is 1.